The molecular weight excluding hydrogens is 553 g/mol. The van der Waals surface area contributed by atoms with Crippen LogP contribution in [0.1, 0.15) is 46.9 Å². The number of aromatic nitrogens is 3. The molecule has 5 rings (SSSR count). The first kappa shape index (κ1) is 28.5. The third-order valence-corrected chi connectivity index (χ3v) is 8.64. The lowest BCUT2D eigenvalue weighted by Gasteiger charge is -2.46. The van der Waals surface area contributed by atoms with E-state index in [1.807, 2.05) is 6.07 Å². The Morgan fingerprint density at radius 1 is 1.27 bits per heavy atom. The van der Waals surface area contributed by atoms with E-state index in [1.54, 1.807) is 23.8 Å². The van der Waals surface area contributed by atoms with E-state index in [-0.39, 0.29) is 25.5 Å². The SMILES string of the molecule is COc1ccc(F)cc1[C@H](CN1c2sc(-n3nccn3)c(C)c2C(=O)N([C@@H]2CCCN(C)C2=O)C1O)OCCC#N. The van der Waals surface area contributed by atoms with Crippen LogP contribution in [0.25, 0.3) is 5.00 Å². The number of rotatable bonds is 9. The average molecular weight is 584 g/mol. The van der Waals surface area contributed by atoms with Crippen LogP contribution in [0, 0.1) is 24.1 Å². The van der Waals surface area contributed by atoms with E-state index < -0.39 is 30.2 Å². The summed E-state index contributed by atoms with van der Waals surface area (Å²) in [5.74, 6) is -0.889. The molecule has 0 radical (unpaired) electrons. The Hall–Kier alpha value is -4.06. The van der Waals surface area contributed by atoms with Crippen LogP contribution < -0.4 is 9.64 Å². The minimum atomic E-state index is -1.53. The van der Waals surface area contributed by atoms with E-state index in [1.165, 1.54) is 58.7 Å². The van der Waals surface area contributed by atoms with Gasteiger partial charge in [0, 0.05) is 24.7 Å². The first-order valence-corrected chi connectivity index (χ1v) is 13.9. The van der Waals surface area contributed by atoms with Crippen molar-refractivity contribution in [3.63, 3.8) is 0 Å². The number of benzene rings is 1. The number of amides is 2. The number of ether oxygens (including phenoxy) is 2. The predicted octanol–water partition coefficient (Wildman–Crippen LogP) is 2.62. The van der Waals surface area contributed by atoms with Crippen LogP contribution in [0.3, 0.4) is 0 Å². The number of nitriles is 1. The van der Waals surface area contributed by atoms with Gasteiger partial charge in [-0.25, -0.2) is 4.39 Å². The van der Waals surface area contributed by atoms with Gasteiger partial charge < -0.3 is 24.4 Å². The van der Waals surface area contributed by atoms with Gasteiger partial charge in [-0.3, -0.25) is 14.5 Å². The second-order valence-corrected chi connectivity index (χ2v) is 10.8. The van der Waals surface area contributed by atoms with E-state index in [2.05, 4.69) is 10.2 Å². The molecule has 0 aliphatic carbocycles. The fourth-order valence-electron chi connectivity index (χ4n) is 5.31. The van der Waals surface area contributed by atoms with Gasteiger partial charge in [0.2, 0.25) is 12.3 Å². The summed E-state index contributed by atoms with van der Waals surface area (Å²) in [5, 5.41) is 30.3. The van der Waals surface area contributed by atoms with Gasteiger partial charge in [-0.2, -0.15) is 15.5 Å². The molecule has 0 spiro atoms. The number of halogens is 1. The maximum Gasteiger partial charge on any atom is 0.261 e. The highest BCUT2D eigenvalue weighted by Gasteiger charge is 2.47. The Morgan fingerprint density at radius 2 is 2.02 bits per heavy atom. The van der Waals surface area contributed by atoms with Gasteiger partial charge in [0.1, 0.15) is 33.7 Å². The van der Waals surface area contributed by atoms with Crippen LogP contribution in [0.5, 0.6) is 5.75 Å². The zero-order valence-electron chi connectivity index (χ0n) is 22.9. The van der Waals surface area contributed by atoms with Crippen LogP contribution in [-0.4, -0.2) is 88.0 Å². The standard InChI is InChI=1S/C27H30FN7O5S/c1-16-22-24(37)34(19-6-4-12-32(2)23(19)36)27(38)33(26(22)41-25(16)35-30-10-11-31-35)15-21(40-13-5-9-29)18-14-17(28)7-8-20(18)39-3/h7-8,10-11,14,19,21,27,38H,4-6,12-13,15H2,1-3H3/t19-,21+,27?/m1/s1. The van der Waals surface area contributed by atoms with Crippen molar-refractivity contribution in [3.05, 3.63) is 53.1 Å². The van der Waals surface area contributed by atoms with E-state index in [4.69, 9.17) is 14.7 Å². The van der Waals surface area contributed by atoms with Crippen molar-refractivity contribution in [1.29, 1.82) is 5.26 Å². The smallest absolute Gasteiger partial charge is 0.261 e. The van der Waals surface area contributed by atoms with Crippen molar-refractivity contribution >= 4 is 28.2 Å². The number of piperidine rings is 1. The summed E-state index contributed by atoms with van der Waals surface area (Å²) >= 11 is 1.21. The van der Waals surface area contributed by atoms with E-state index in [0.717, 1.165) is 0 Å². The number of likely N-dealkylation sites (tertiary alicyclic amines) is 1. The highest BCUT2D eigenvalue weighted by atomic mass is 32.1. The molecule has 12 nitrogen and oxygen atoms in total. The highest BCUT2D eigenvalue weighted by molar-refractivity contribution is 7.19. The highest BCUT2D eigenvalue weighted by Crippen LogP contribution is 2.45. The maximum absolute atomic E-state index is 14.4. The summed E-state index contributed by atoms with van der Waals surface area (Å²) in [7, 11) is 3.12. The van der Waals surface area contributed by atoms with E-state index >= 15 is 0 Å². The average Bonchev–Trinajstić information content (AvgIpc) is 3.60. The molecular formula is C27H30FN7O5S. The third-order valence-electron chi connectivity index (χ3n) is 7.34. The van der Waals surface area contributed by atoms with Gasteiger partial charge in [0.15, 0.2) is 0 Å². The molecule has 2 aromatic heterocycles. The summed E-state index contributed by atoms with van der Waals surface area (Å²) < 4.78 is 26.0. The Balaban J connectivity index is 1.62. The Labute approximate surface area is 240 Å². The largest absolute Gasteiger partial charge is 0.496 e. The van der Waals surface area contributed by atoms with Crippen molar-refractivity contribution in [3.8, 4) is 16.8 Å². The number of thiophene rings is 1. The van der Waals surface area contributed by atoms with E-state index in [9.17, 15) is 19.1 Å². The summed E-state index contributed by atoms with van der Waals surface area (Å²) in [5.41, 5.74) is 1.28. The van der Waals surface area contributed by atoms with Crippen molar-refractivity contribution in [2.75, 3.05) is 38.8 Å². The first-order chi connectivity index (χ1) is 19.8. The van der Waals surface area contributed by atoms with Crippen molar-refractivity contribution in [1.82, 2.24) is 24.8 Å². The van der Waals surface area contributed by atoms with Gasteiger partial charge in [0.05, 0.1) is 50.7 Å². The molecule has 216 valence electrons. The molecule has 41 heavy (non-hydrogen) atoms. The normalized spacial score (nSPS) is 19.8. The number of fused-ring (bicyclic) bond motifs is 1. The summed E-state index contributed by atoms with van der Waals surface area (Å²) in [6.45, 7) is 2.32. The molecule has 2 aliphatic heterocycles. The molecule has 14 heteroatoms. The van der Waals surface area contributed by atoms with Gasteiger partial charge in [-0.1, -0.05) is 11.3 Å². The number of hydrogen-bond acceptors (Lipinski definition) is 10. The third kappa shape index (κ3) is 5.23. The predicted molar refractivity (Wildman–Crippen MR) is 146 cm³/mol. The fraction of sp³-hybridized carbons (Fsp3) is 0.444. The Kier molecular flexibility index (Phi) is 8.20. The summed E-state index contributed by atoms with van der Waals surface area (Å²) in [6.07, 6.45) is 1.78. The van der Waals surface area contributed by atoms with Crippen molar-refractivity contribution < 1.29 is 28.6 Å². The lowest BCUT2D eigenvalue weighted by Crippen LogP contribution is -2.63. The zero-order valence-corrected chi connectivity index (χ0v) is 23.7. The van der Waals surface area contributed by atoms with Gasteiger partial charge in [-0.05, 0) is 38.0 Å². The quantitative estimate of drug-likeness (QED) is 0.377. The maximum atomic E-state index is 14.4. The zero-order chi connectivity index (χ0) is 29.3. The van der Waals surface area contributed by atoms with Crippen LogP contribution in [0.4, 0.5) is 9.39 Å². The number of aliphatic hydroxyl groups excluding tert-OH is 1. The Bertz CT molecular complexity index is 1470. The summed E-state index contributed by atoms with van der Waals surface area (Å²) in [4.78, 5) is 33.0. The molecule has 0 bridgehead atoms. The number of anilines is 1. The van der Waals surface area contributed by atoms with Crippen LogP contribution in [0.15, 0.2) is 30.6 Å². The second-order valence-electron chi connectivity index (χ2n) is 9.81. The molecule has 1 N–H and O–H groups in total. The number of hydrogen-bond donors (Lipinski definition) is 1. The van der Waals surface area contributed by atoms with Crippen LogP contribution in [-0.2, 0) is 9.53 Å². The lowest BCUT2D eigenvalue weighted by atomic mass is 10.00. The number of carbonyl (C=O) groups is 2. The molecule has 1 fully saturated rings. The molecule has 2 amide bonds. The molecule has 1 saturated heterocycles. The molecule has 0 saturated carbocycles. The minimum absolute atomic E-state index is 0.0398. The molecule has 2 aliphatic rings. The van der Waals surface area contributed by atoms with Crippen LogP contribution >= 0.6 is 11.3 Å². The Morgan fingerprint density at radius 3 is 2.73 bits per heavy atom. The molecule has 3 atom stereocenters. The van der Waals surface area contributed by atoms with Crippen molar-refractivity contribution in [2.45, 2.75) is 44.7 Å². The molecule has 4 heterocycles. The van der Waals surface area contributed by atoms with Gasteiger partial charge in [0.25, 0.3) is 5.91 Å². The number of likely N-dealkylation sites (N-methyl/N-ethyl adjacent to an activating group) is 1. The second kappa shape index (κ2) is 11.8. The molecule has 1 unspecified atom stereocenters. The molecule has 3 aromatic rings. The van der Waals surface area contributed by atoms with E-state index in [0.29, 0.717) is 51.8 Å². The monoisotopic (exact) mass is 583 g/mol. The minimum Gasteiger partial charge on any atom is -0.496 e. The molecule has 1 aromatic carbocycles. The van der Waals surface area contributed by atoms with Gasteiger partial charge in [-0.15, -0.1) is 4.80 Å². The number of methoxy groups -OCH3 is 1. The fourth-order valence-corrected chi connectivity index (χ4v) is 6.55. The number of aliphatic hydroxyl groups is 1. The summed E-state index contributed by atoms with van der Waals surface area (Å²) in [6, 6.07) is 5.18. The number of nitrogens with zero attached hydrogens (tertiary/aromatic N) is 7. The lowest BCUT2D eigenvalue weighted by molar-refractivity contribution is -0.142. The first-order valence-electron chi connectivity index (χ1n) is 13.1. The van der Waals surface area contributed by atoms with Gasteiger partial charge >= 0.3 is 0 Å². The topological polar surface area (TPSA) is 137 Å². The van der Waals surface area contributed by atoms with Crippen molar-refractivity contribution in [2.24, 2.45) is 0 Å². The van der Waals surface area contributed by atoms with Crippen LogP contribution in [0.2, 0.25) is 0 Å². The number of carbonyl (C=O) groups excluding carboxylic acids is 2.